The van der Waals surface area contributed by atoms with Gasteiger partial charge >= 0.3 is 0 Å². The fraction of sp³-hybridized carbons (Fsp3) is 0.733. The molecular weight excluding hydrogens is 250 g/mol. The van der Waals surface area contributed by atoms with Crippen molar-refractivity contribution in [1.29, 1.82) is 0 Å². The van der Waals surface area contributed by atoms with E-state index in [1.165, 1.54) is 12.0 Å². The van der Waals surface area contributed by atoms with Crippen molar-refractivity contribution in [3.8, 4) is 0 Å². The van der Waals surface area contributed by atoms with Gasteiger partial charge in [-0.05, 0) is 40.3 Å². The van der Waals surface area contributed by atoms with Crippen LogP contribution in [0.2, 0.25) is 0 Å². The van der Waals surface area contributed by atoms with Gasteiger partial charge in [-0.25, -0.2) is 9.97 Å². The summed E-state index contributed by atoms with van der Waals surface area (Å²) in [6.07, 6.45) is 3.83. The fourth-order valence-corrected chi connectivity index (χ4v) is 2.98. The molecule has 112 valence electrons. The maximum absolute atomic E-state index is 4.59. The normalized spacial score (nSPS) is 20.8. The van der Waals surface area contributed by atoms with E-state index in [0.717, 1.165) is 44.2 Å². The average molecular weight is 277 g/mol. The maximum atomic E-state index is 4.59. The largest absolute Gasteiger partial charge is 0.370 e. The van der Waals surface area contributed by atoms with Crippen LogP contribution in [0, 0.1) is 0 Å². The van der Waals surface area contributed by atoms with Crippen LogP contribution in [-0.2, 0) is 6.42 Å². The molecule has 1 saturated heterocycles. The highest BCUT2D eigenvalue weighted by Crippen LogP contribution is 2.26. The van der Waals surface area contributed by atoms with E-state index in [1.807, 2.05) is 0 Å². The van der Waals surface area contributed by atoms with Crippen molar-refractivity contribution >= 4 is 11.6 Å². The second-order valence-corrected chi connectivity index (χ2v) is 5.57. The Bertz CT molecular complexity index is 434. The smallest absolute Gasteiger partial charge is 0.137 e. The highest BCUT2D eigenvalue weighted by molar-refractivity contribution is 5.59. The van der Waals surface area contributed by atoms with Gasteiger partial charge in [0.1, 0.15) is 18.0 Å². The molecular formula is C15H27N5. The second-order valence-electron chi connectivity index (χ2n) is 5.57. The Kier molecular flexibility index (Phi) is 5.17. The lowest BCUT2D eigenvalue weighted by molar-refractivity contribution is 0.337. The molecule has 0 saturated carbocycles. The molecule has 1 N–H and O–H groups in total. The molecule has 1 unspecified atom stereocenters. The van der Waals surface area contributed by atoms with Gasteiger partial charge in [-0.15, -0.1) is 0 Å². The summed E-state index contributed by atoms with van der Waals surface area (Å²) in [7, 11) is 2.20. The van der Waals surface area contributed by atoms with Crippen molar-refractivity contribution in [2.24, 2.45) is 0 Å². The summed E-state index contributed by atoms with van der Waals surface area (Å²) in [6, 6.07) is 0.483. The first-order chi connectivity index (χ1) is 9.67. The summed E-state index contributed by atoms with van der Waals surface area (Å²) >= 11 is 0. The number of hydrogen-bond donors (Lipinski definition) is 1. The third kappa shape index (κ3) is 3.20. The fourth-order valence-electron chi connectivity index (χ4n) is 2.98. The van der Waals surface area contributed by atoms with Gasteiger partial charge in [-0.3, -0.25) is 0 Å². The van der Waals surface area contributed by atoms with E-state index < -0.39 is 0 Å². The number of hydrogen-bond acceptors (Lipinski definition) is 5. The Hall–Kier alpha value is -1.36. The van der Waals surface area contributed by atoms with Gasteiger partial charge in [-0.1, -0.05) is 6.92 Å². The summed E-state index contributed by atoms with van der Waals surface area (Å²) in [5.74, 6) is 2.10. The molecule has 1 aliphatic heterocycles. The van der Waals surface area contributed by atoms with Crippen LogP contribution >= 0.6 is 0 Å². The number of rotatable bonds is 4. The van der Waals surface area contributed by atoms with Gasteiger partial charge in [0, 0.05) is 31.2 Å². The van der Waals surface area contributed by atoms with Crippen molar-refractivity contribution in [2.75, 3.05) is 43.4 Å². The van der Waals surface area contributed by atoms with Crippen LogP contribution in [-0.4, -0.2) is 54.1 Å². The van der Waals surface area contributed by atoms with Gasteiger partial charge in [0.25, 0.3) is 0 Å². The zero-order chi connectivity index (χ0) is 14.5. The zero-order valence-corrected chi connectivity index (χ0v) is 13.2. The molecule has 1 aromatic heterocycles. The Morgan fingerprint density at radius 1 is 1.30 bits per heavy atom. The molecule has 1 aromatic rings. The minimum absolute atomic E-state index is 0.483. The molecule has 2 rings (SSSR count). The summed E-state index contributed by atoms with van der Waals surface area (Å²) in [5, 5.41) is 3.36. The third-order valence-corrected chi connectivity index (χ3v) is 3.94. The van der Waals surface area contributed by atoms with E-state index in [2.05, 4.69) is 52.9 Å². The van der Waals surface area contributed by atoms with Gasteiger partial charge in [0.15, 0.2) is 0 Å². The van der Waals surface area contributed by atoms with Crippen molar-refractivity contribution in [1.82, 2.24) is 14.9 Å². The Balaban J connectivity index is 2.32. The number of aromatic nitrogens is 2. The molecule has 0 spiro atoms. The maximum Gasteiger partial charge on any atom is 0.137 e. The van der Waals surface area contributed by atoms with Crippen LogP contribution in [0.15, 0.2) is 6.33 Å². The second kappa shape index (κ2) is 6.88. The van der Waals surface area contributed by atoms with E-state index >= 15 is 0 Å². The molecule has 0 aromatic carbocycles. The van der Waals surface area contributed by atoms with Crippen molar-refractivity contribution in [2.45, 2.75) is 39.7 Å². The molecule has 2 heterocycles. The van der Waals surface area contributed by atoms with E-state index in [9.17, 15) is 0 Å². The highest BCUT2D eigenvalue weighted by Gasteiger charge is 2.23. The van der Waals surface area contributed by atoms with Gasteiger partial charge in [0.2, 0.25) is 0 Å². The molecule has 1 atom stereocenters. The first kappa shape index (κ1) is 15.0. The van der Waals surface area contributed by atoms with Crippen molar-refractivity contribution in [3.63, 3.8) is 0 Å². The molecule has 0 aliphatic carbocycles. The molecule has 1 aliphatic rings. The number of nitrogens with zero attached hydrogens (tertiary/aromatic N) is 4. The zero-order valence-electron chi connectivity index (χ0n) is 13.2. The minimum atomic E-state index is 0.483. The Labute approximate surface area is 122 Å². The number of likely N-dealkylation sites (N-methyl/N-ethyl adjacent to an activating group) is 1. The predicted octanol–water partition coefficient (Wildman–Crippen LogP) is 2.00. The summed E-state index contributed by atoms with van der Waals surface area (Å²) < 4.78 is 0. The lowest BCUT2D eigenvalue weighted by Crippen LogP contribution is -2.39. The van der Waals surface area contributed by atoms with E-state index in [0.29, 0.717) is 6.04 Å². The molecule has 1 fully saturated rings. The lowest BCUT2D eigenvalue weighted by Gasteiger charge is -2.31. The molecule has 5 heteroatoms. The minimum Gasteiger partial charge on any atom is -0.370 e. The number of anilines is 2. The van der Waals surface area contributed by atoms with Gasteiger partial charge in [-0.2, -0.15) is 0 Å². The van der Waals surface area contributed by atoms with Crippen LogP contribution in [0.5, 0.6) is 0 Å². The highest BCUT2D eigenvalue weighted by atomic mass is 15.3. The summed E-state index contributed by atoms with van der Waals surface area (Å²) in [5.41, 5.74) is 1.24. The standard InChI is InChI=1S/C15H27N5/c1-5-13-14(16-6-2)17-11-18-15(13)20-9-7-8-19(4)10-12(20)3/h11-12H,5-10H2,1-4H3,(H,16,17,18). The molecule has 5 nitrogen and oxygen atoms in total. The van der Waals surface area contributed by atoms with Crippen LogP contribution < -0.4 is 10.2 Å². The third-order valence-electron chi connectivity index (χ3n) is 3.94. The van der Waals surface area contributed by atoms with Crippen LogP contribution in [0.25, 0.3) is 0 Å². The molecule has 0 amide bonds. The average Bonchev–Trinajstić information content (AvgIpc) is 2.59. The van der Waals surface area contributed by atoms with Gasteiger partial charge < -0.3 is 15.1 Å². The Morgan fingerprint density at radius 2 is 2.10 bits per heavy atom. The van der Waals surface area contributed by atoms with Crippen LogP contribution in [0.3, 0.4) is 0 Å². The van der Waals surface area contributed by atoms with Crippen LogP contribution in [0.4, 0.5) is 11.6 Å². The predicted molar refractivity (Wildman–Crippen MR) is 84.5 cm³/mol. The topological polar surface area (TPSA) is 44.3 Å². The van der Waals surface area contributed by atoms with E-state index in [1.54, 1.807) is 6.33 Å². The van der Waals surface area contributed by atoms with Crippen LogP contribution in [0.1, 0.15) is 32.8 Å². The molecule has 0 radical (unpaired) electrons. The Morgan fingerprint density at radius 3 is 2.80 bits per heavy atom. The first-order valence-corrected chi connectivity index (χ1v) is 7.70. The van der Waals surface area contributed by atoms with Crippen molar-refractivity contribution in [3.05, 3.63) is 11.9 Å². The number of nitrogens with one attached hydrogen (secondary N) is 1. The lowest BCUT2D eigenvalue weighted by atomic mass is 10.1. The first-order valence-electron chi connectivity index (χ1n) is 7.70. The summed E-state index contributed by atoms with van der Waals surface area (Å²) in [6.45, 7) is 10.8. The van der Waals surface area contributed by atoms with E-state index in [4.69, 9.17) is 0 Å². The monoisotopic (exact) mass is 277 g/mol. The van der Waals surface area contributed by atoms with Crippen molar-refractivity contribution < 1.29 is 0 Å². The van der Waals surface area contributed by atoms with E-state index in [-0.39, 0.29) is 0 Å². The van der Waals surface area contributed by atoms with Gasteiger partial charge in [0.05, 0.1) is 0 Å². The molecule has 0 bridgehead atoms. The SMILES string of the molecule is CCNc1ncnc(N2CCCN(C)CC2C)c1CC. The molecule has 20 heavy (non-hydrogen) atoms. The quantitative estimate of drug-likeness (QED) is 0.912. The summed E-state index contributed by atoms with van der Waals surface area (Å²) in [4.78, 5) is 13.8.